The lowest BCUT2D eigenvalue weighted by molar-refractivity contribution is 0.175. The summed E-state index contributed by atoms with van der Waals surface area (Å²) in [6.45, 7) is 7.48. The molecule has 1 heterocycles. The minimum Gasteiger partial charge on any atom is -0.508 e. The molecule has 2 N–H and O–H groups in total. The summed E-state index contributed by atoms with van der Waals surface area (Å²) >= 11 is 0. The van der Waals surface area contributed by atoms with Crippen molar-refractivity contribution in [1.29, 1.82) is 0 Å². The summed E-state index contributed by atoms with van der Waals surface area (Å²) in [6.07, 6.45) is 3.90. The van der Waals surface area contributed by atoms with Gasteiger partial charge >= 0.3 is 0 Å². The highest BCUT2D eigenvalue weighted by molar-refractivity contribution is 5.31. The molecule has 19 heavy (non-hydrogen) atoms. The van der Waals surface area contributed by atoms with E-state index in [0.717, 1.165) is 25.2 Å². The molecule has 0 saturated carbocycles. The van der Waals surface area contributed by atoms with Crippen molar-refractivity contribution < 1.29 is 5.11 Å². The van der Waals surface area contributed by atoms with Crippen molar-refractivity contribution in [2.24, 2.45) is 0 Å². The van der Waals surface area contributed by atoms with Gasteiger partial charge in [-0.1, -0.05) is 24.6 Å². The van der Waals surface area contributed by atoms with Crippen molar-refractivity contribution in [3.8, 4) is 5.75 Å². The molecule has 0 aromatic heterocycles. The van der Waals surface area contributed by atoms with Crippen LogP contribution < -0.4 is 5.32 Å². The molecule has 1 saturated heterocycles. The van der Waals surface area contributed by atoms with Crippen LogP contribution in [0.4, 0.5) is 0 Å². The predicted molar refractivity (Wildman–Crippen MR) is 79.3 cm³/mol. The number of piperidine rings is 1. The minimum absolute atomic E-state index is 0.407. The first-order valence-corrected chi connectivity index (χ1v) is 7.41. The van der Waals surface area contributed by atoms with Crippen LogP contribution in [0.3, 0.4) is 0 Å². The van der Waals surface area contributed by atoms with E-state index in [4.69, 9.17) is 0 Å². The number of aromatic hydroxyl groups is 1. The molecule has 1 fully saturated rings. The van der Waals surface area contributed by atoms with Crippen molar-refractivity contribution in [2.45, 2.75) is 51.7 Å². The van der Waals surface area contributed by atoms with Gasteiger partial charge < -0.3 is 10.4 Å². The zero-order valence-electron chi connectivity index (χ0n) is 12.1. The summed E-state index contributed by atoms with van der Waals surface area (Å²) in [5, 5.41) is 13.5. The molecule has 3 heteroatoms. The van der Waals surface area contributed by atoms with E-state index in [-0.39, 0.29) is 0 Å². The highest BCUT2D eigenvalue weighted by Crippen LogP contribution is 2.20. The highest BCUT2D eigenvalue weighted by atomic mass is 16.3. The summed E-state index contributed by atoms with van der Waals surface area (Å²) < 4.78 is 0. The van der Waals surface area contributed by atoms with Crippen LogP contribution in [0.15, 0.2) is 24.3 Å². The number of rotatable bonds is 5. The first kappa shape index (κ1) is 14.4. The summed E-state index contributed by atoms with van der Waals surface area (Å²) in [7, 11) is 0. The van der Waals surface area contributed by atoms with E-state index in [9.17, 15) is 5.11 Å². The summed E-state index contributed by atoms with van der Waals surface area (Å²) in [5.74, 6) is 0.407. The Morgan fingerprint density at radius 2 is 2.11 bits per heavy atom. The number of nitrogens with zero attached hydrogens (tertiary/aromatic N) is 1. The van der Waals surface area contributed by atoms with Crippen molar-refractivity contribution >= 4 is 0 Å². The second-order valence-electron chi connectivity index (χ2n) is 5.80. The molecule has 0 bridgehead atoms. The molecule has 1 aromatic rings. The van der Waals surface area contributed by atoms with Crippen molar-refractivity contribution in [3.63, 3.8) is 0 Å². The quantitative estimate of drug-likeness (QED) is 0.856. The summed E-state index contributed by atoms with van der Waals surface area (Å²) in [5.41, 5.74) is 1.02. The number of hydrogen-bond acceptors (Lipinski definition) is 3. The maximum atomic E-state index is 9.90. The van der Waals surface area contributed by atoms with Gasteiger partial charge in [-0.3, -0.25) is 4.90 Å². The van der Waals surface area contributed by atoms with Gasteiger partial charge in [-0.25, -0.2) is 0 Å². The lowest BCUT2D eigenvalue weighted by Crippen LogP contribution is -2.45. The summed E-state index contributed by atoms with van der Waals surface area (Å²) in [4.78, 5) is 2.44. The Balaban J connectivity index is 1.97. The van der Waals surface area contributed by atoms with E-state index in [2.05, 4.69) is 24.1 Å². The molecule has 1 atom stereocenters. The zero-order chi connectivity index (χ0) is 13.7. The lowest BCUT2D eigenvalue weighted by atomic mass is 10.0. The molecule has 0 radical (unpaired) electrons. The van der Waals surface area contributed by atoms with Crippen LogP contribution in [-0.2, 0) is 6.54 Å². The molecule has 106 valence electrons. The van der Waals surface area contributed by atoms with Gasteiger partial charge in [0.05, 0.1) is 0 Å². The van der Waals surface area contributed by atoms with Gasteiger partial charge in [0, 0.05) is 30.7 Å². The number of para-hydroxylation sites is 1. The maximum Gasteiger partial charge on any atom is 0.120 e. The fourth-order valence-electron chi connectivity index (χ4n) is 2.68. The van der Waals surface area contributed by atoms with Gasteiger partial charge in [0.1, 0.15) is 5.75 Å². The first-order chi connectivity index (χ1) is 9.16. The molecule has 1 aromatic carbocycles. The fourth-order valence-corrected chi connectivity index (χ4v) is 2.68. The largest absolute Gasteiger partial charge is 0.508 e. The second-order valence-corrected chi connectivity index (χ2v) is 5.80. The minimum atomic E-state index is 0.407. The third-order valence-corrected chi connectivity index (χ3v) is 3.96. The number of hydrogen-bond donors (Lipinski definition) is 2. The molecule has 3 nitrogen and oxygen atoms in total. The van der Waals surface area contributed by atoms with Gasteiger partial charge in [-0.05, 0) is 39.3 Å². The Bertz CT molecular complexity index is 386. The Morgan fingerprint density at radius 1 is 1.32 bits per heavy atom. The van der Waals surface area contributed by atoms with Crippen LogP contribution in [0.2, 0.25) is 0 Å². The Kier molecular flexibility index (Phi) is 5.23. The van der Waals surface area contributed by atoms with Crippen LogP contribution in [0.25, 0.3) is 0 Å². The van der Waals surface area contributed by atoms with Gasteiger partial charge in [-0.15, -0.1) is 0 Å². The Morgan fingerprint density at radius 3 is 2.74 bits per heavy atom. The molecule has 0 aliphatic carbocycles. The second kappa shape index (κ2) is 6.92. The summed E-state index contributed by atoms with van der Waals surface area (Å²) in [6, 6.07) is 8.74. The Hall–Kier alpha value is -1.06. The van der Waals surface area contributed by atoms with E-state index < -0.39 is 0 Å². The topological polar surface area (TPSA) is 35.5 Å². The number of phenolic OH excluding ortho intramolecular Hbond substituents is 1. The average molecular weight is 262 g/mol. The van der Waals surface area contributed by atoms with Crippen molar-refractivity contribution in [1.82, 2.24) is 10.2 Å². The maximum absolute atomic E-state index is 9.90. The van der Waals surface area contributed by atoms with Gasteiger partial charge in [0.2, 0.25) is 0 Å². The molecule has 0 amide bonds. The van der Waals surface area contributed by atoms with Crippen LogP contribution in [0, 0.1) is 0 Å². The molecule has 1 aliphatic rings. The average Bonchev–Trinajstić information content (AvgIpc) is 2.41. The highest BCUT2D eigenvalue weighted by Gasteiger charge is 2.19. The molecule has 1 unspecified atom stereocenters. The number of benzene rings is 1. The van der Waals surface area contributed by atoms with Gasteiger partial charge in [-0.2, -0.15) is 0 Å². The zero-order valence-corrected chi connectivity index (χ0v) is 12.1. The molecular weight excluding hydrogens is 236 g/mol. The number of nitrogens with one attached hydrogen (secondary N) is 1. The molecular formula is C16H26N2O. The third kappa shape index (κ3) is 4.22. The fraction of sp³-hybridized carbons (Fsp3) is 0.625. The van der Waals surface area contributed by atoms with E-state index >= 15 is 0 Å². The third-order valence-electron chi connectivity index (χ3n) is 3.96. The SMILES string of the molecule is CC(C)N(Cc1ccccc1O)CC1CCCCN1. The van der Waals surface area contributed by atoms with Crippen LogP contribution in [0.1, 0.15) is 38.7 Å². The normalized spacial score (nSPS) is 20.1. The first-order valence-electron chi connectivity index (χ1n) is 7.41. The van der Waals surface area contributed by atoms with Crippen molar-refractivity contribution in [2.75, 3.05) is 13.1 Å². The smallest absolute Gasteiger partial charge is 0.120 e. The van der Waals surface area contributed by atoms with Crippen LogP contribution >= 0.6 is 0 Å². The molecule has 0 spiro atoms. The van der Waals surface area contributed by atoms with E-state index in [1.807, 2.05) is 18.2 Å². The monoisotopic (exact) mass is 262 g/mol. The number of phenols is 1. The van der Waals surface area contributed by atoms with E-state index in [0.29, 0.717) is 17.8 Å². The predicted octanol–water partition coefficient (Wildman–Crippen LogP) is 2.74. The van der Waals surface area contributed by atoms with Gasteiger partial charge in [0.25, 0.3) is 0 Å². The van der Waals surface area contributed by atoms with Crippen molar-refractivity contribution in [3.05, 3.63) is 29.8 Å². The molecule has 2 rings (SSSR count). The van der Waals surface area contributed by atoms with E-state index in [1.165, 1.54) is 19.3 Å². The Labute approximate surface area is 116 Å². The van der Waals surface area contributed by atoms with Crippen LogP contribution in [-0.4, -0.2) is 35.2 Å². The lowest BCUT2D eigenvalue weighted by Gasteiger charge is -2.33. The van der Waals surface area contributed by atoms with Gasteiger partial charge in [0.15, 0.2) is 0 Å². The van der Waals surface area contributed by atoms with Crippen LogP contribution in [0.5, 0.6) is 5.75 Å². The molecule has 1 aliphatic heterocycles. The van der Waals surface area contributed by atoms with E-state index in [1.54, 1.807) is 6.07 Å². The standard InChI is InChI=1S/C16H26N2O/c1-13(2)18(12-15-8-5-6-10-17-15)11-14-7-3-4-9-16(14)19/h3-4,7,9,13,15,17,19H,5-6,8,10-12H2,1-2H3.